The zero-order valence-electron chi connectivity index (χ0n) is 20.9. The number of carbonyl (C=O) groups is 3. The molecular weight excluding hydrogens is 506 g/mol. The Labute approximate surface area is 224 Å². The molecule has 0 bridgehead atoms. The van der Waals surface area contributed by atoms with Gasteiger partial charge in [-0.2, -0.15) is 0 Å². The van der Waals surface area contributed by atoms with Crippen molar-refractivity contribution in [2.75, 3.05) is 12.4 Å². The number of benzene rings is 2. The van der Waals surface area contributed by atoms with Crippen molar-refractivity contribution in [3.8, 4) is 22.8 Å². The van der Waals surface area contributed by atoms with E-state index in [4.69, 9.17) is 21.1 Å². The molecule has 38 heavy (non-hydrogen) atoms. The van der Waals surface area contributed by atoms with Gasteiger partial charge in [0.15, 0.2) is 18.3 Å². The minimum atomic E-state index is -0.534. The van der Waals surface area contributed by atoms with E-state index in [2.05, 4.69) is 15.3 Å². The highest BCUT2D eigenvalue weighted by atomic mass is 35.5. The Morgan fingerprint density at radius 2 is 1.74 bits per heavy atom. The van der Waals surface area contributed by atoms with Crippen LogP contribution < -0.4 is 14.8 Å². The number of rotatable bonds is 9. The predicted octanol–water partition coefficient (Wildman–Crippen LogP) is 5.88. The van der Waals surface area contributed by atoms with Crippen LogP contribution in [0.3, 0.4) is 0 Å². The number of aldehydes is 2. The highest BCUT2D eigenvalue weighted by molar-refractivity contribution is 6.34. The Hall–Kier alpha value is -4.56. The zero-order chi connectivity index (χ0) is 27.2. The Balaban J connectivity index is 1.59. The molecule has 0 radical (unpaired) electrons. The number of aromatic nitrogens is 2. The van der Waals surface area contributed by atoms with Gasteiger partial charge in [0.2, 0.25) is 5.88 Å². The quantitative estimate of drug-likeness (QED) is 0.270. The second kappa shape index (κ2) is 11.7. The van der Waals surface area contributed by atoms with E-state index in [0.29, 0.717) is 29.0 Å². The molecule has 0 aliphatic rings. The van der Waals surface area contributed by atoms with Crippen molar-refractivity contribution < 1.29 is 23.9 Å². The van der Waals surface area contributed by atoms with E-state index in [-0.39, 0.29) is 28.8 Å². The van der Waals surface area contributed by atoms with Gasteiger partial charge < -0.3 is 14.8 Å². The van der Waals surface area contributed by atoms with Gasteiger partial charge in [-0.05, 0) is 66.4 Å². The molecule has 0 atom stereocenters. The number of carbonyl (C=O) groups excluding carboxylic acids is 3. The molecule has 0 saturated carbocycles. The van der Waals surface area contributed by atoms with E-state index in [9.17, 15) is 14.4 Å². The first-order chi connectivity index (χ1) is 18.4. The van der Waals surface area contributed by atoms with E-state index < -0.39 is 5.91 Å². The molecule has 192 valence electrons. The lowest BCUT2D eigenvalue weighted by molar-refractivity contribution is 0.101. The van der Waals surface area contributed by atoms with Crippen LogP contribution in [-0.2, 0) is 6.61 Å². The van der Waals surface area contributed by atoms with E-state index >= 15 is 0 Å². The third-order valence-corrected chi connectivity index (χ3v) is 6.31. The van der Waals surface area contributed by atoms with Crippen molar-refractivity contribution in [3.05, 3.63) is 99.5 Å². The number of hydrogen-bond donors (Lipinski definition) is 1. The van der Waals surface area contributed by atoms with Crippen LogP contribution in [-0.4, -0.2) is 35.6 Å². The van der Waals surface area contributed by atoms with E-state index in [1.54, 1.807) is 18.2 Å². The van der Waals surface area contributed by atoms with Crippen molar-refractivity contribution in [2.24, 2.45) is 0 Å². The number of nitrogens with zero attached hydrogens (tertiary/aromatic N) is 2. The van der Waals surface area contributed by atoms with Crippen molar-refractivity contribution in [1.82, 2.24) is 9.97 Å². The van der Waals surface area contributed by atoms with Crippen LogP contribution >= 0.6 is 11.6 Å². The average Bonchev–Trinajstić information content (AvgIpc) is 2.93. The largest absolute Gasteiger partial charge is 0.487 e. The summed E-state index contributed by atoms with van der Waals surface area (Å²) in [6.07, 6.45) is 2.82. The molecule has 0 aliphatic carbocycles. The fourth-order valence-electron chi connectivity index (χ4n) is 3.94. The second-order valence-electron chi connectivity index (χ2n) is 8.39. The van der Waals surface area contributed by atoms with Crippen LogP contribution in [0, 0.1) is 13.8 Å². The van der Waals surface area contributed by atoms with Gasteiger partial charge in [-0.15, -0.1) is 0 Å². The molecule has 0 saturated heterocycles. The van der Waals surface area contributed by atoms with Crippen LogP contribution in [0.1, 0.15) is 48.0 Å². The average molecular weight is 530 g/mol. The second-order valence-corrected chi connectivity index (χ2v) is 8.79. The molecule has 0 aliphatic heterocycles. The van der Waals surface area contributed by atoms with Gasteiger partial charge in [0, 0.05) is 17.4 Å². The number of anilines is 1. The summed E-state index contributed by atoms with van der Waals surface area (Å²) in [6.45, 7) is 4.11. The molecule has 8 nitrogen and oxygen atoms in total. The summed E-state index contributed by atoms with van der Waals surface area (Å²) in [7, 11) is 1.36. The lowest BCUT2D eigenvalue weighted by Gasteiger charge is -2.17. The molecule has 9 heteroatoms. The number of methoxy groups -OCH3 is 1. The van der Waals surface area contributed by atoms with Gasteiger partial charge in [-0.1, -0.05) is 35.9 Å². The fourth-order valence-corrected chi connectivity index (χ4v) is 4.19. The van der Waals surface area contributed by atoms with Crippen molar-refractivity contribution in [1.29, 1.82) is 0 Å². The number of pyridine rings is 2. The summed E-state index contributed by atoms with van der Waals surface area (Å²) < 4.78 is 11.1. The van der Waals surface area contributed by atoms with E-state index in [1.165, 1.54) is 19.4 Å². The highest BCUT2D eigenvalue weighted by Gasteiger charge is 2.19. The number of hydrogen-bond acceptors (Lipinski definition) is 7. The normalized spacial score (nSPS) is 10.5. The summed E-state index contributed by atoms with van der Waals surface area (Å²) in [6, 6.07) is 16.1. The summed E-state index contributed by atoms with van der Waals surface area (Å²) in [5, 5.41) is 2.90. The van der Waals surface area contributed by atoms with Crippen LogP contribution in [0.5, 0.6) is 11.6 Å². The Bertz CT molecular complexity index is 1520. The molecule has 2 aromatic heterocycles. The number of ether oxygens (including phenoxy) is 2. The van der Waals surface area contributed by atoms with Gasteiger partial charge in [0.1, 0.15) is 12.4 Å². The third kappa shape index (κ3) is 5.55. The van der Waals surface area contributed by atoms with Crippen LogP contribution in [0.4, 0.5) is 5.69 Å². The summed E-state index contributed by atoms with van der Waals surface area (Å²) in [5.74, 6) is 0.172. The molecule has 4 rings (SSSR count). The van der Waals surface area contributed by atoms with Crippen molar-refractivity contribution in [2.45, 2.75) is 20.5 Å². The minimum absolute atomic E-state index is 0.0161. The zero-order valence-corrected chi connectivity index (χ0v) is 21.7. The molecule has 0 unspecified atom stereocenters. The highest BCUT2D eigenvalue weighted by Crippen LogP contribution is 2.35. The molecule has 0 fully saturated rings. The number of halogens is 1. The summed E-state index contributed by atoms with van der Waals surface area (Å²) in [4.78, 5) is 43.4. The van der Waals surface area contributed by atoms with Gasteiger partial charge in [0.25, 0.3) is 5.91 Å². The number of amides is 1. The lowest BCUT2D eigenvalue weighted by Crippen LogP contribution is -2.16. The van der Waals surface area contributed by atoms with Crippen molar-refractivity contribution in [3.63, 3.8) is 0 Å². The summed E-state index contributed by atoms with van der Waals surface area (Å²) >= 11 is 6.22. The van der Waals surface area contributed by atoms with Gasteiger partial charge in [-0.3, -0.25) is 19.4 Å². The first kappa shape index (κ1) is 26.5. The van der Waals surface area contributed by atoms with Crippen LogP contribution in [0.2, 0.25) is 5.02 Å². The minimum Gasteiger partial charge on any atom is -0.487 e. The SMILES string of the molecule is COc1nc(C(=O)Nc2cccc(-c3cccc(OCc4ccc(C=O)cn4)c3C)c2C)c(Cl)cc1C=O. The molecule has 2 aromatic carbocycles. The first-order valence-electron chi connectivity index (χ1n) is 11.6. The number of nitrogens with one attached hydrogen (secondary N) is 1. The molecule has 0 spiro atoms. The standard InChI is InChI=1S/C29H24ClN3O5/c1-17-22(23-7-5-9-26(18(23)2)38-16-21-11-10-19(14-34)13-31-21)6-4-8-25(17)32-28(36)27-24(30)12-20(15-35)29(33-27)37-3/h4-15H,16H2,1-3H3,(H,32,36). The topological polar surface area (TPSA) is 107 Å². The molecule has 1 N–H and O–H groups in total. The smallest absolute Gasteiger partial charge is 0.275 e. The Kier molecular flexibility index (Phi) is 8.13. The first-order valence-corrected chi connectivity index (χ1v) is 12.0. The van der Waals surface area contributed by atoms with E-state index in [0.717, 1.165) is 28.5 Å². The lowest BCUT2D eigenvalue weighted by atomic mass is 9.95. The maximum absolute atomic E-state index is 13.0. The maximum atomic E-state index is 13.0. The third-order valence-electron chi connectivity index (χ3n) is 6.02. The van der Waals surface area contributed by atoms with Gasteiger partial charge >= 0.3 is 0 Å². The van der Waals surface area contributed by atoms with Crippen molar-refractivity contribution >= 4 is 35.8 Å². The molecular formula is C29H24ClN3O5. The van der Waals surface area contributed by atoms with E-state index in [1.807, 2.05) is 44.2 Å². The van der Waals surface area contributed by atoms with Gasteiger partial charge in [0.05, 0.1) is 23.4 Å². The summed E-state index contributed by atoms with van der Waals surface area (Å²) in [5.41, 5.74) is 5.48. The predicted molar refractivity (Wildman–Crippen MR) is 144 cm³/mol. The Morgan fingerprint density at radius 3 is 2.39 bits per heavy atom. The molecule has 4 aromatic rings. The molecule has 1 amide bonds. The Morgan fingerprint density at radius 1 is 1.00 bits per heavy atom. The molecule has 2 heterocycles. The van der Waals surface area contributed by atoms with Gasteiger partial charge in [-0.25, -0.2) is 4.98 Å². The monoisotopic (exact) mass is 529 g/mol. The fraction of sp³-hybridized carbons (Fsp3) is 0.138. The van der Waals surface area contributed by atoms with Crippen LogP contribution in [0.25, 0.3) is 11.1 Å². The van der Waals surface area contributed by atoms with Crippen LogP contribution in [0.15, 0.2) is 60.8 Å². The maximum Gasteiger partial charge on any atom is 0.275 e.